The number of likely N-dealkylation sites (tertiary alicyclic amines) is 1. The van der Waals surface area contributed by atoms with Crippen LogP contribution in [-0.4, -0.2) is 51.3 Å². The van der Waals surface area contributed by atoms with E-state index >= 15 is 0 Å². The second-order valence-corrected chi connectivity index (χ2v) is 7.48. The lowest BCUT2D eigenvalue weighted by atomic mass is 10.0. The maximum Gasteiger partial charge on any atom is 0.269 e. The fourth-order valence-corrected chi connectivity index (χ4v) is 4.08. The van der Waals surface area contributed by atoms with E-state index in [4.69, 9.17) is 4.98 Å². The largest absolute Gasteiger partial charge is 0.353 e. The fraction of sp³-hybridized carbons (Fsp3) is 0.579. The van der Waals surface area contributed by atoms with Gasteiger partial charge in [0.2, 0.25) is 0 Å². The number of carbonyl (C=O) groups is 1. The van der Waals surface area contributed by atoms with Crippen molar-refractivity contribution in [2.45, 2.75) is 51.1 Å². The molecule has 4 rings (SSSR count). The number of carbonyl (C=O) groups excluding carboxylic acids is 1. The average molecular weight is 341 g/mol. The summed E-state index contributed by atoms with van der Waals surface area (Å²) in [4.78, 5) is 27.9. The zero-order chi connectivity index (χ0) is 17.4. The number of aromatic nitrogens is 3. The van der Waals surface area contributed by atoms with Crippen LogP contribution in [0.3, 0.4) is 0 Å². The van der Waals surface area contributed by atoms with Crippen molar-refractivity contribution in [1.82, 2.24) is 24.8 Å². The van der Waals surface area contributed by atoms with Crippen LogP contribution < -0.4 is 0 Å². The molecule has 2 N–H and O–H groups in total. The van der Waals surface area contributed by atoms with Gasteiger partial charge in [-0.05, 0) is 57.2 Å². The second kappa shape index (κ2) is 6.67. The van der Waals surface area contributed by atoms with Crippen LogP contribution in [0.25, 0.3) is 0 Å². The molecule has 0 radical (unpaired) electrons. The summed E-state index contributed by atoms with van der Waals surface area (Å²) in [6.45, 7) is 1.91. The van der Waals surface area contributed by atoms with Gasteiger partial charge in [0.15, 0.2) is 0 Å². The molecule has 1 fully saturated rings. The number of nitrogens with one attached hydrogen (secondary N) is 2. The Kier molecular flexibility index (Phi) is 4.37. The Morgan fingerprint density at radius 3 is 2.88 bits per heavy atom. The third kappa shape index (κ3) is 3.23. The molecule has 0 saturated carbocycles. The van der Waals surface area contributed by atoms with Crippen LogP contribution in [0.15, 0.2) is 12.1 Å². The van der Waals surface area contributed by atoms with Crippen LogP contribution >= 0.6 is 0 Å². The van der Waals surface area contributed by atoms with Gasteiger partial charge >= 0.3 is 0 Å². The number of imidazole rings is 1. The molecule has 1 aliphatic heterocycles. The van der Waals surface area contributed by atoms with Gasteiger partial charge < -0.3 is 14.9 Å². The summed E-state index contributed by atoms with van der Waals surface area (Å²) < 4.78 is 0. The number of aryl methyl sites for hydroxylation is 2. The van der Waals surface area contributed by atoms with Gasteiger partial charge in [0.25, 0.3) is 5.91 Å². The van der Waals surface area contributed by atoms with E-state index < -0.39 is 0 Å². The van der Waals surface area contributed by atoms with E-state index in [9.17, 15) is 4.79 Å². The Morgan fingerprint density at radius 2 is 2.08 bits per heavy atom. The average Bonchev–Trinajstić information content (AvgIpc) is 3.33. The number of amides is 1. The quantitative estimate of drug-likeness (QED) is 0.898. The SMILES string of the molecule is CN(C)C(=O)c1ccc(CN2CCCC2c2nc3c([nH]2)CCCC3)[nH]1. The van der Waals surface area contributed by atoms with E-state index in [1.807, 2.05) is 12.1 Å². The first-order valence-electron chi connectivity index (χ1n) is 9.33. The molecule has 6 heteroatoms. The van der Waals surface area contributed by atoms with Crippen LogP contribution in [0.1, 0.15) is 65.1 Å². The Bertz CT molecular complexity index is 736. The number of fused-ring (bicyclic) bond motifs is 1. The molecule has 0 aromatic carbocycles. The number of H-pyrrole nitrogens is 2. The van der Waals surface area contributed by atoms with Gasteiger partial charge in [-0.25, -0.2) is 4.98 Å². The maximum atomic E-state index is 12.1. The summed E-state index contributed by atoms with van der Waals surface area (Å²) in [7, 11) is 3.55. The molecule has 1 saturated heterocycles. The van der Waals surface area contributed by atoms with Crippen molar-refractivity contribution in [2.24, 2.45) is 0 Å². The second-order valence-electron chi connectivity index (χ2n) is 7.48. The normalized spacial score (nSPS) is 20.6. The van der Waals surface area contributed by atoms with Gasteiger partial charge in [-0.2, -0.15) is 0 Å². The fourth-order valence-electron chi connectivity index (χ4n) is 4.08. The van der Waals surface area contributed by atoms with Crippen molar-refractivity contribution < 1.29 is 4.79 Å². The summed E-state index contributed by atoms with van der Waals surface area (Å²) in [5.41, 5.74) is 4.39. The molecular formula is C19H27N5O. The summed E-state index contributed by atoms with van der Waals surface area (Å²) in [6.07, 6.45) is 7.13. The Hall–Kier alpha value is -2.08. The molecule has 0 spiro atoms. The molecule has 2 aromatic rings. The highest BCUT2D eigenvalue weighted by atomic mass is 16.2. The third-order valence-electron chi connectivity index (χ3n) is 5.41. The molecular weight excluding hydrogens is 314 g/mol. The van der Waals surface area contributed by atoms with Gasteiger partial charge in [0.1, 0.15) is 11.5 Å². The van der Waals surface area contributed by atoms with Gasteiger partial charge in [-0.1, -0.05) is 0 Å². The zero-order valence-corrected chi connectivity index (χ0v) is 15.1. The van der Waals surface area contributed by atoms with Crippen LogP contribution in [0.4, 0.5) is 0 Å². The van der Waals surface area contributed by atoms with Crippen molar-refractivity contribution in [1.29, 1.82) is 0 Å². The highest BCUT2D eigenvalue weighted by Gasteiger charge is 2.30. The van der Waals surface area contributed by atoms with Crippen molar-refractivity contribution in [3.63, 3.8) is 0 Å². The number of hydrogen-bond acceptors (Lipinski definition) is 3. The lowest BCUT2D eigenvalue weighted by Crippen LogP contribution is -2.24. The van der Waals surface area contributed by atoms with Gasteiger partial charge in [0.05, 0.1) is 11.7 Å². The van der Waals surface area contributed by atoms with Crippen molar-refractivity contribution in [3.8, 4) is 0 Å². The molecule has 0 bridgehead atoms. The lowest BCUT2D eigenvalue weighted by molar-refractivity contribution is 0.0822. The highest BCUT2D eigenvalue weighted by Crippen LogP contribution is 2.33. The molecule has 2 aliphatic rings. The smallest absolute Gasteiger partial charge is 0.269 e. The van der Waals surface area contributed by atoms with Gasteiger partial charge in [0, 0.05) is 32.0 Å². The third-order valence-corrected chi connectivity index (χ3v) is 5.41. The summed E-state index contributed by atoms with van der Waals surface area (Å²) in [5.74, 6) is 1.16. The number of rotatable bonds is 4. The minimum absolute atomic E-state index is 0.0166. The van der Waals surface area contributed by atoms with Crippen LogP contribution in [0.5, 0.6) is 0 Å². The van der Waals surface area contributed by atoms with Crippen molar-refractivity contribution in [2.75, 3.05) is 20.6 Å². The summed E-state index contributed by atoms with van der Waals surface area (Å²) >= 11 is 0. The Balaban J connectivity index is 1.48. The number of hydrogen-bond donors (Lipinski definition) is 2. The molecule has 6 nitrogen and oxygen atoms in total. The van der Waals surface area contributed by atoms with E-state index in [0.717, 1.165) is 43.9 Å². The number of nitrogens with zero attached hydrogens (tertiary/aromatic N) is 3. The topological polar surface area (TPSA) is 68.0 Å². The van der Waals surface area contributed by atoms with E-state index in [2.05, 4.69) is 14.9 Å². The monoisotopic (exact) mass is 341 g/mol. The van der Waals surface area contributed by atoms with E-state index in [1.54, 1.807) is 19.0 Å². The first-order chi connectivity index (χ1) is 12.1. The Morgan fingerprint density at radius 1 is 1.24 bits per heavy atom. The van der Waals surface area contributed by atoms with E-state index in [-0.39, 0.29) is 5.91 Å². The predicted molar refractivity (Wildman–Crippen MR) is 96.4 cm³/mol. The van der Waals surface area contributed by atoms with Crippen LogP contribution in [-0.2, 0) is 19.4 Å². The summed E-state index contributed by atoms with van der Waals surface area (Å²) in [6, 6.07) is 4.27. The molecule has 25 heavy (non-hydrogen) atoms. The van der Waals surface area contributed by atoms with Crippen LogP contribution in [0.2, 0.25) is 0 Å². The van der Waals surface area contributed by atoms with Crippen molar-refractivity contribution in [3.05, 3.63) is 40.7 Å². The molecule has 3 heterocycles. The first kappa shape index (κ1) is 16.4. The standard InChI is InChI=1S/C19H27N5O/c1-23(2)19(25)16-10-9-13(20-16)12-24-11-5-8-17(24)18-21-14-6-3-4-7-15(14)22-18/h9-10,17,20H,3-8,11-12H2,1-2H3,(H,21,22). The Labute approximate surface area is 148 Å². The molecule has 1 amide bonds. The highest BCUT2D eigenvalue weighted by molar-refractivity contribution is 5.92. The van der Waals surface area contributed by atoms with Crippen molar-refractivity contribution >= 4 is 5.91 Å². The molecule has 134 valence electrons. The van der Waals surface area contributed by atoms with Gasteiger partial charge in [-0.3, -0.25) is 9.69 Å². The predicted octanol–water partition coefficient (Wildman–Crippen LogP) is 2.66. The molecule has 2 aromatic heterocycles. The molecule has 1 aliphatic carbocycles. The summed E-state index contributed by atoms with van der Waals surface area (Å²) in [5, 5.41) is 0. The zero-order valence-electron chi connectivity index (χ0n) is 15.1. The minimum Gasteiger partial charge on any atom is -0.353 e. The van der Waals surface area contributed by atoms with E-state index in [0.29, 0.717) is 11.7 Å². The maximum absolute atomic E-state index is 12.1. The lowest BCUT2D eigenvalue weighted by Gasteiger charge is -2.22. The minimum atomic E-state index is 0.0166. The van der Waals surface area contributed by atoms with E-state index in [1.165, 1.54) is 30.7 Å². The molecule has 1 unspecified atom stereocenters. The number of aromatic amines is 2. The van der Waals surface area contributed by atoms with Crippen LogP contribution in [0, 0.1) is 0 Å². The van der Waals surface area contributed by atoms with Gasteiger partial charge in [-0.15, -0.1) is 0 Å². The first-order valence-corrected chi connectivity index (χ1v) is 9.33. The molecule has 1 atom stereocenters.